The molecule has 1 aliphatic heterocycles. The fourth-order valence-corrected chi connectivity index (χ4v) is 3.68. The summed E-state index contributed by atoms with van der Waals surface area (Å²) in [5.41, 5.74) is 2.66. The number of hydrogen-bond acceptors (Lipinski definition) is 7. The first-order valence-corrected chi connectivity index (χ1v) is 9.61. The van der Waals surface area contributed by atoms with E-state index in [1.807, 2.05) is 30.6 Å². The summed E-state index contributed by atoms with van der Waals surface area (Å²) in [6.45, 7) is 1.43. The highest BCUT2D eigenvalue weighted by atomic mass is 32.1. The number of aromatic amines is 1. The highest BCUT2D eigenvalue weighted by Gasteiger charge is 2.19. The summed E-state index contributed by atoms with van der Waals surface area (Å²) in [7, 11) is 1.99. The van der Waals surface area contributed by atoms with Crippen molar-refractivity contribution < 1.29 is 9.53 Å². The number of thiazole rings is 1. The number of pyridine rings is 1. The molecule has 0 aliphatic carbocycles. The van der Waals surface area contributed by atoms with E-state index < -0.39 is 0 Å². The molecule has 0 fully saturated rings. The Morgan fingerprint density at radius 2 is 2.29 bits per heavy atom. The number of aromatic nitrogens is 4. The number of rotatable bonds is 3. The van der Waals surface area contributed by atoms with Crippen molar-refractivity contribution >= 4 is 39.2 Å². The van der Waals surface area contributed by atoms with Crippen molar-refractivity contribution in [2.45, 2.75) is 0 Å². The van der Waals surface area contributed by atoms with Crippen LogP contribution < -0.4 is 15.0 Å². The monoisotopic (exact) mass is 392 g/mol. The van der Waals surface area contributed by atoms with Crippen LogP contribution in [0, 0.1) is 0 Å². The summed E-state index contributed by atoms with van der Waals surface area (Å²) in [6.07, 6.45) is 3.41. The number of nitrogens with one attached hydrogen (secondary N) is 2. The van der Waals surface area contributed by atoms with Gasteiger partial charge in [0.25, 0.3) is 5.91 Å². The van der Waals surface area contributed by atoms with Gasteiger partial charge in [0.2, 0.25) is 0 Å². The summed E-state index contributed by atoms with van der Waals surface area (Å²) < 4.78 is 5.74. The van der Waals surface area contributed by atoms with Gasteiger partial charge in [-0.05, 0) is 18.2 Å². The zero-order valence-electron chi connectivity index (χ0n) is 15.0. The third-order valence-corrected chi connectivity index (χ3v) is 5.25. The molecule has 0 saturated heterocycles. The lowest BCUT2D eigenvalue weighted by atomic mass is 10.2. The molecular formula is C19H16N6O2S. The highest BCUT2D eigenvalue weighted by Crippen LogP contribution is 2.32. The van der Waals surface area contributed by atoms with Gasteiger partial charge in [0.05, 0.1) is 17.6 Å². The lowest BCUT2D eigenvalue weighted by Gasteiger charge is -2.26. The molecule has 1 amide bonds. The van der Waals surface area contributed by atoms with Crippen LogP contribution in [0.2, 0.25) is 0 Å². The molecule has 3 aromatic heterocycles. The van der Waals surface area contributed by atoms with Gasteiger partial charge in [-0.1, -0.05) is 6.07 Å². The largest absolute Gasteiger partial charge is 0.488 e. The normalized spacial score (nSPS) is 13.2. The maximum atomic E-state index is 12.7. The third-order valence-electron chi connectivity index (χ3n) is 4.56. The second-order valence-electron chi connectivity index (χ2n) is 6.39. The van der Waals surface area contributed by atoms with Gasteiger partial charge in [-0.2, -0.15) is 0 Å². The van der Waals surface area contributed by atoms with Gasteiger partial charge in [-0.25, -0.2) is 15.0 Å². The minimum absolute atomic E-state index is 0.243. The first-order chi connectivity index (χ1) is 13.7. The number of anilines is 2. The van der Waals surface area contributed by atoms with E-state index in [9.17, 15) is 4.79 Å². The number of carbonyl (C=O) groups excluding carboxylic acids is 1. The molecular weight excluding hydrogens is 376 g/mol. The lowest BCUT2D eigenvalue weighted by Crippen LogP contribution is -2.29. The van der Waals surface area contributed by atoms with Crippen molar-refractivity contribution in [1.29, 1.82) is 0 Å². The number of para-hydroxylation sites is 1. The fraction of sp³-hybridized carbons (Fsp3) is 0.158. The number of ether oxygens (including phenoxy) is 1. The molecule has 140 valence electrons. The van der Waals surface area contributed by atoms with E-state index in [0.717, 1.165) is 29.2 Å². The Labute approximate surface area is 164 Å². The Bertz CT molecular complexity index is 1170. The van der Waals surface area contributed by atoms with Gasteiger partial charge >= 0.3 is 0 Å². The number of H-pyrrole nitrogens is 1. The second-order valence-corrected chi connectivity index (χ2v) is 7.29. The summed E-state index contributed by atoms with van der Waals surface area (Å²) >= 11 is 1.37. The van der Waals surface area contributed by atoms with Crippen LogP contribution in [0.1, 0.15) is 10.4 Å². The first-order valence-electron chi connectivity index (χ1n) is 8.73. The standard InChI is InChI=1S/C19H16N6O2S/c1-25-6-7-27-14-9-11(10-21-17(14)25)16-22-13-4-2-3-12(15(13)23-16)18(26)24-19-20-5-8-28-19/h2-5,8-10H,6-7H2,1H3,(H,22,23)(H,20,24,26). The summed E-state index contributed by atoms with van der Waals surface area (Å²) in [6, 6.07) is 7.39. The van der Waals surface area contributed by atoms with E-state index in [4.69, 9.17) is 4.74 Å². The van der Waals surface area contributed by atoms with Crippen LogP contribution in [0.25, 0.3) is 22.4 Å². The van der Waals surface area contributed by atoms with Crippen LogP contribution in [0.4, 0.5) is 10.9 Å². The van der Waals surface area contributed by atoms with Crippen LogP contribution in [0.5, 0.6) is 5.75 Å². The molecule has 0 spiro atoms. The number of carbonyl (C=O) groups is 1. The minimum Gasteiger partial charge on any atom is -0.488 e. The first kappa shape index (κ1) is 16.7. The molecule has 9 heteroatoms. The van der Waals surface area contributed by atoms with Crippen LogP contribution in [0.15, 0.2) is 42.0 Å². The molecule has 0 radical (unpaired) electrons. The van der Waals surface area contributed by atoms with Gasteiger partial charge in [-0.3, -0.25) is 10.1 Å². The number of benzene rings is 1. The average molecular weight is 392 g/mol. The van der Waals surface area contributed by atoms with Crippen molar-refractivity contribution in [1.82, 2.24) is 19.9 Å². The fourth-order valence-electron chi connectivity index (χ4n) is 3.16. The van der Waals surface area contributed by atoms with Crippen LogP contribution >= 0.6 is 11.3 Å². The Morgan fingerprint density at radius 1 is 1.36 bits per heavy atom. The molecule has 0 saturated carbocycles. The van der Waals surface area contributed by atoms with Crippen molar-refractivity contribution in [3.8, 4) is 17.1 Å². The lowest BCUT2D eigenvalue weighted by molar-refractivity contribution is 0.102. The van der Waals surface area contributed by atoms with Gasteiger partial charge in [0, 0.05) is 30.4 Å². The quantitative estimate of drug-likeness (QED) is 0.556. The minimum atomic E-state index is -0.243. The number of nitrogens with zero attached hydrogens (tertiary/aromatic N) is 4. The van der Waals surface area contributed by atoms with Crippen LogP contribution in [0.3, 0.4) is 0 Å². The van der Waals surface area contributed by atoms with E-state index in [2.05, 4.69) is 30.2 Å². The van der Waals surface area contributed by atoms with E-state index in [0.29, 0.717) is 28.6 Å². The molecule has 1 aliphatic rings. The van der Waals surface area contributed by atoms with Gasteiger partial charge in [0.15, 0.2) is 16.7 Å². The number of hydrogen-bond donors (Lipinski definition) is 2. The molecule has 8 nitrogen and oxygen atoms in total. The molecule has 28 heavy (non-hydrogen) atoms. The maximum Gasteiger partial charge on any atom is 0.259 e. The van der Waals surface area contributed by atoms with Gasteiger partial charge < -0.3 is 14.6 Å². The van der Waals surface area contributed by atoms with Crippen LogP contribution in [-0.4, -0.2) is 46.0 Å². The topological polar surface area (TPSA) is 96.0 Å². The van der Waals surface area contributed by atoms with E-state index in [1.165, 1.54) is 11.3 Å². The number of imidazole rings is 1. The van der Waals surface area contributed by atoms with Crippen LogP contribution in [-0.2, 0) is 0 Å². The Kier molecular flexibility index (Phi) is 3.94. The molecule has 4 heterocycles. The maximum absolute atomic E-state index is 12.7. The predicted octanol–water partition coefficient (Wildman–Crippen LogP) is 3.16. The predicted molar refractivity (Wildman–Crippen MR) is 108 cm³/mol. The van der Waals surface area contributed by atoms with Gasteiger partial charge in [-0.15, -0.1) is 11.3 Å². The zero-order chi connectivity index (χ0) is 19.1. The zero-order valence-corrected chi connectivity index (χ0v) is 15.8. The van der Waals surface area contributed by atoms with Crippen molar-refractivity contribution in [2.75, 3.05) is 30.4 Å². The number of fused-ring (bicyclic) bond motifs is 2. The molecule has 0 atom stereocenters. The summed E-state index contributed by atoms with van der Waals surface area (Å²) in [5, 5.41) is 5.17. The molecule has 0 bridgehead atoms. The van der Waals surface area contributed by atoms with E-state index in [-0.39, 0.29) is 5.91 Å². The number of amides is 1. The molecule has 1 aromatic carbocycles. The van der Waals surface area contributed by atoms with Crippen molar-refractivity contribution in [2.24, 2.45) is 0 Å². The summed E-state index contributed by atoms with van der Waals surface area (Å²) in [4.78, 5) is 31.3. The Hall–Kier alpha value is -3.46. The van der Waals surface area contributed by atoms with E-state index >= 15 is 0 Å². The Balaban J connectivity index is 1.53. The van der Waals surface area contributed by atoms with Gasteiger partial charge in [0.1, 0.15) is 17.9 Å². The smallest absolute Gasteiger partial charge is 0.259 e. The van der Waals surface area contributed by atoms with E-state index in [1.54, 1.807) is 18.5 Å². The van der Waals surface area contributed by atoms with Crippen molar-refractivity contribution in [3.63, 3.8) is 0 Å². The van der Waals surface area contributed by atoms with Crippen molar-refractivity contribution in [3.05, 3.63) is 47.6 Å². The average Bonchev–Trinajstić information content (AvgIpc) is 3.37. The molecule has 5 rings (SSSR count). The Morgan fingerprint density at radius 3 is 3.14 bits per heavy atom. The molecule has 4 aromatic rings. The number of likely N-dealkylation sites (N-methyl/N-ethyl adjacent to an activating group) is 1. The SMILES string of the molecule is CN1CCOc2cc(-c3nc4c(C(=O)Nc5nccs5)cccc4[nH]3)cnc21. The molecule has 0 unspecified atom stereocenters. The summed E-state index contributed by atoms with van der Waals surface area (Å²) in [5.74, 6) is 1.94. The molecule has 2 N–H and O–H groups in total. The highest BCUT2D eigenvalue weighted by molar-refractivity contribution is 7.13. The second kappa shape index (κ2) is 6.61. The third kappa shape index (κ3) is 2.85.